The monoisotopic (exact) mass is 429 g/mol. The molecule has 1 fully saturated rings. The number of nitrogens with zero attached hydrogens (tertiary/aromatic N) is 3. The van der Waals surface area contributed by atoms with Gasteiger partial charge in [0, 0.05) is 30.0 Å². The molecule has 6 heteroatoms. The number of fused-ring (bicyclic) bond motifs is 2. The fourth-order valence-corrected chi connectivity index (χ4v) is 3.94. The van der Waals surface area contributed by atoms with Crippen LogP contribution < -0.4 is 0 Å². The Morgan fingerprint density at radius 1 is 1.31 bits per heavy atom. The van der Waals surface area contributed by atoms with Gasteiger partial charge in [0.15, 0.2) is 0 Å². The van der Waals surface area contributed by atoms with Crippen molar-refractivity contribution in [2.24, 2.45) is 16.8 Å². The summed E-state index contributed by atoms with van der Waals surface area (Å²) in [6, 6.07) is 6.07. The first-order chi connectivity index (χ1) is 15.6. The summed E-state index contributed by atoms with van der Waals surface area (Å²) in [7, 11) is 0. The third-order valence-electron chi connectivity index (χ3n) is 6.13. The maximum Gasteiger partial charge on any atom is 0.148 e. The van der Waals surface area contributed by atoms with E-state index in [1.165, 1.54) is 5.57 Å². The van der Waals surface area contributed by atoms with E-state index in [4.69, 9.17) is 14.2 Å². The minimum atomic E-state index is -0.150. The van der Waals surface area contributed by atoms with Gasteiger partial charge in [0.25, 0.3) is 0 Å². The third kappa shape index (κ3) is 4.32. The molecule has 0 radical (unpaired) electrons. The smallest absolute Gasteiger partial charge is 0.148 e. The minimum Gasteiger partial charge on any atom is -0.491 e. The van der Waals surface area contributed by atoms with Crippen molar-refractivity contribution in [2.45, 2.75) is 25.9 Å². The second-order valence-electron chi connectivity index (χ2n) is 8.41. The topological polar surface area (TPSA) is 57.3 Å². The maximum absolute atomic E-state index is 6.06. The van der Waals surface area contributed by atoms with Crippen molar-refractivity contribution in [1.29, 1.82) is 0 Å². The van der Waals surface area contributed by atoms with Crippen LogP contribution in [0.1, 0.15) is 26.0 Å². The average Bonchev–Trinajstić information content (AvgIpc) is 3.34. The highest BCUT2D eigenvalue weighted by molar-refractivity contribution is 5.71. The Kier molecular flexibility index (Phi) is 5.53. The molecule has 32 heavy (non-hydrogen) atoms. The molecule has 6 nitrogen and oxygen atoms in total. The fourth-order valence-electron chi connectivity index (χ4n) is 3.94. The Labute approximate surface area is 187 Å². The number of rotatable bonds is 6. The molecule has 3 aliphatic rings. The zero-order chi connectivity index (χ0) is 22.0. The first-order valence-electron chi connectivity index (χ1n) is 11.0. The van der Waals surface area contributed by atoms with Crippen LogP contribution in [-0.4, -0.2) is 34.4 Å². The van der Waals surface area contributed by atoms with Crippen LogP contribution in [0.3, 0.4) is 0 Å². The predicted octanol–water partition coefficient (Wildman–Crippen LogP) is 5.08. The molecular weight excluding hydrogens is 402 g/mol. The molecule has 3 atom stereocenters. The molecule has 0 amide bonds. The van der Waals surface area contributed by atoms with Crippen molar-refractivity contribution in [1.82, 2.24) is 9.38 Å². The predicted molar refractivity (Wildman–Crippen MR) is 125 cm³/mol. The van der Waals surface area contributed by atoms with E-state index in [1.54, 1.807) is 12.6 Å². The normalized spacial score (nSPS) is 32.5. The summed E-state index contributed by atoms with van der Waals surface area (Å²) in [6.45, 7) is 5.26. The number of ether oxygens (including phenoxy) is 3. The van der Waals surface area contributed by atoms with E-state index in [1.807, 2.05) is 53.4 Å². The second kappa shape index (κ2) is 8.63. The second-order valence-corrected chi connectivity index (χ2v) is 8.41. The van der Waals surface area contributed by atoms with E-state index in [-0.39, 0.29) is 11.5 Å². The van der Waals surface area contributed by atoms with Crippen LogP contribution in [0.2, 0.25) is 0 Å². The van der Waals surface area contributed by atoms with Crippen molar-refractivity contribution in [3.8, 4) is 0 Å². The van der Waals surface area contributed by atoms with Gasteiger partial charge in [0.1, 0.15) is 23.8 Å². The molecule has 5 rings (SSSR count). The van der Waals surface area contributed by atoms with Gasteiger partial charge in [-0.15, -0.1) is 0 Å². The van der Waals surface area contributed by atoms with Gasteiger partial charge in [-0.1, -0.05) is 12.5 Å². The van der Waals surface area contributed by atoms with E-state index in [0.29, 0.717) is 19.1 Å². The Morgan fingerprint density at radius 3 is 3.16 bits per heavy atom. The van der Waals surface area contributed by atoms with Crippen LogP contribution in [0.4, 0.5) is 0 Å². The van der Waals surface area contributed by atoms with E-state index >= 15 is 0 Å². The highest BCUT2D eigenvalue weighted by Crippen LogP contribution is 2.48. The van der Waals surface area contributed by atoms with Crippen molar-refractivity contribution in [3.63, 3.8) is 0 Å². The lowest BCUT2D eigenvalue weighted by Crippen LogP contribution is -2.19. The van der Waals surface area contributed by atoms with Crippen molar-refractivity contribution in [2.75, 3.05) is 13.2 Å². The third-order valence-corrected chi connectivity index (χ3v) is 6.13. The Hall–Kier alpha value is -3.38. The van der Waals surface area contributed by atoms with Crippen LogP contribution in [0.5, 0.6) is 0 Å². The molecule has 1 aliphatic carbocycles. The SMILES string of the molecule is C\C1=C/C(OCCOC23C=CN=CC2C3)=C\C=C\O/C(c2cc3cccn3cn2)=C\C1C. The first kappa shape index (κ1) is 20.5. The molecule has 0 aromatic carbocycles. The van der Waals surface area contributed by atoms with E-state index in [9.17, 15) is 0 Å². The zero-order valence-corrected chi connectivity index (χ0v) is 18.3. The number of hydrogen-bond acceptors (Lipinski definition) is 5. The lowest BCUT2D eigenvalue weighted by molar-refractivity contribution is 0.0269. The van der Waals surface area contributed by atoms with Gasteiger partial charge < -0.3 is 18.6 Å². The van der Waals surface area contributed by atoms with Crippen LogP contribution >= 0.6 is 0 Å². The van der Waals surface area contributed by atoms with Gasteiger partial charge in [-0.25, -0.2) is 4.98 Å². The lowest BCUT2D eigenvalue weighted by atomic mass is 10.00. The molecule has 164 valence electrons. The van der Waals surface area contributed by atoms with Crippen molar-refractivity contribution in [3.05, 3.63) is 90.6 Å². The largest absolute Gasteiger partial charge is 0.491 e. The molecule has 0 spiro atoms. The Bertz CT molecular complexity index is 1180. The Balaban J connectivity index is 1.24. The molecular formula is C26H27N3O3. The number of aliphatic imine (C=N–C) groups is 1. The zero-order valence-electron chi connectivity index (χ0n) is 18.3. The van der Waals surface area contributed by atoms with E-state index in [0.717, 1.165) is 29.1 Å². The Morgan fingerprint density at radius 2 is 2.25 bits per heavy atom. The van der Waals surface area contributed by atoms with Crippen molar-refractivity contribution >= 4 is 17.5 Å². The van der Waals surface area contributed by atoms with Crippen LogP contribution in [0, 0.1) is 11.8 Å². The van der Waals surface area contributed by atoms with Gasteiger partial charge >= 0.3 is 0 Å². The quantitative estimate of drug-likeness (QED) is 0.601. The van der Waals surface area contributed by atoms with Gasteiger partial charge in [0.2, 0.25) is 0 Å². The molecule has 0 N–H and O–H groups in total. The van der Waals surface area contributed by atoms with E-state index < -0.39 is 0 Å². The summed E-state index contributed by atoms with van der Waals surface area (Å²) in [5, 5.41) is 0. The summed E-state index contributed by atoms with van der Waals surface area (Å²) >= 11 is 0. The highest BCUT2D eigenvalue weighted by Gasteiger charge is 2.53. The fraction of sp³-hybridized carbons (Fsp3) is 0.308. The van der Waals surface area contributed by atoms with Gasteiger partial charge in [-0.2, -0.15) is 0 Å². The summed E-state index contributed by atoms with van der Waals surface area (Å²) in [6.07, 6.45) is 20.2. The molecule has 3 unspecified atom stereocenters. The van der Waals surface area contributed by atoms with Gasteiger partial charge in [-0.3, -0.25) is 4.99 Å². The molecule has 1 saturated carbocycles. The van der Waals surface area contributed by atoms with Crippen LogP contribution in [0.15, 0.2) is 89.9 Å². The minimum absolute atomic E-state index is 0.150. The molecule has 0 saturated heterocycles. The average molecular weight is 430 g/mol. The van der Waals surface area contributed by atoms with Crippen molar-refractivity contribution < 1.29 is 14.2 Å². The first-order valence-corrected chi connectivity index (χ1v) is 11.0. The van der Waals surface area contributed by atoms with Gasteiger partial charge in [-0.05, 0) is 67.8 Å². The summed E-state index contributed by atoms with van der Waals surface area (Å²) in [5.74, 6) is 2.09. The maximum atomic E-state index is 6.06. The standard InChI is InChI=1S/C26H27N3O3/c1-19-13-23(30-11-12-32-26-7-8-27-17-21(26)16-26)6-4-10-31-25(14-20(19)2)24-15-22-5-3-9-29(22)18-28-24/h3-10,13-15,17-18,20-21H,11-12,16H2,1-2H3/b10-4+,19-13+,23-6+,25-14-. The molecule has 2 aromatic rings. The molecule has 0 bridgehead atoms. The lowest BCUT2D eigenvalue weighted by Gasteiger charge is -2.17. The number of hydrogen-bond donors (Lipinski definition) is 0. The number of allylic oxidation sites excluding steroid dienone is 5. The van der Waals surface area contributed by atoms with Crippen LogP contribution in [0.25, 0.3) is 11.3 Å². The van der Waals surface area contributed by atoms with Gasteiger partial charge in [0.05, 0.1) is 24.8 Å². The molecule has 2 aliphatic heterocycles. The number of aromatic nitrogens is 2. The van der Waals surface area contributed by atoms with E-state index in [2.05, 4.69) is 42.1 Å². The molecule has 2 aromatic heterocycles. The summed E-state index contributed by atoms with van der Waals surface area (Å²) in [4.78, 5) is 8.72. The highest BCUT2D eigenvalue weighted by atomic mass is 16.5. The summed E-state index contributed by atoms with van der Waals surface area (Å²) in [5.41, 5.74) is 2.90. The molecule has 4 heterocycles. The van der Waals surface area contributed by atoms with Crippen LogP contribution in [-0.2, 0) is 14.2 Å². The summed E-state index contributed by atoms with van der Waals surface area (Å²) < 4.78 is 20.0.